The molecule has 0 aliphatic carbocycles. The molecular weight excluding hydrogens is 314 g/mol. The number of phenols is 1. The Balaban J connectivity index is 1.94. The molecule has 8 heteroatoms. The van der Waals surface area contributed by atoms with Crippen LogP contribution in [0.4, 0.5) is 5.82 Å². The molecule has 0 amide bonds. The summed E-state index contributed by atoms with van der Waals surface area (Å²) in [6.45, 7) is 0.366. The maximum Gasteiger partial charge on any atom is 0.356 e. The third-order valence-electron chi connectivity index (χ3n) is 3.47. The Bertz CT molecular complexity index is 691. The van der Waals surface area contributed by atoms with E-state index in [9.17, 15) is 15.0 Å². The van der Waals surface area contributed by atoms with E-state index in [-0.39, 0.29) is 24.0 Å². The molecular formula is C16H19N3O5. The second kappa shape index (κ2) is 8.11. The second-order valence-corrected chi connectivity index (χ2v) is 5.23. The van der Waals surface area contributed by atoms with Crippen molar-refractivity contribution in [2.75, 3.05) is 25.6 Å². The van der Waals surface area contributed by atoms with Crippen LogP contribution in [0.1, 0.15) is 16.1 Å². The molecule has 0 saturated heterocycles. The van der Waals surface area contributed by atoms with Crippen molar-refractivity contribution in [3.05, 3.63) is 41.9 Å². The van der Waals surface area contributed by atoms with E-state index in [1.54, 1.807) is 12.1 Å². The molecule has 1 unspecified atom stereocenters. The molecule has 24 heavy (non-hydrogen) atoms. The van der Waals surface area contributed by atoms with Crippen LogP contribution in [0.3, 0.4) is 0 Å². The highest BCUT2D eigenvalue weighted by Crippen LogP contribution is 2.27. The number of aromatic carboxylic acids is 1. The molecule has 2 aromatic rings. The zero-order valence-electron chi connectivity index (χ0n) is 13.1. The van der Waals surface area contributed by atoms with Crippen molar-refractivity contribution < 1.29 is 24.9 Å². The van der Waals surface area contributed by atoms with Gasteiger partial charge in [-0.3, -0.25) is 0 Å². The average molecular weight is 333 g/mol. The zero-order valence-corrected chi connectivity index (χ0v) is 13.1. The normalized spacial score (nSPS) is 11.8. The van der Waals surface area contributed by atoms with Gasteiger partial charge in [-0.05, 0) is 24.1 Å². The predicted molar refractivity (Wildman–Crippen MR) is 86.4 cm³/mol. The number of ether oxygens (including phenoxy) is 1. The topological polar surface area (TPSA) is 125 Å². The van der Waals surface area contributed by atoms with Gasteiger partial charge in [-0.15, -0.1) is 0 Å². The van der Waals surface area contributed by atoms with Gasteiger partial charge in [0.2, 0.25) is 0 Å². The fraction of sp³-hybridized carbons (Fsp3) is 0.312. The summed E-state index contributed by atoms with van der Waals surface area (Å²) in [6, 6.07) is 5.09. The van der Waals surface area contributed by atoms with E-state index in [2.05, 4.69) is 15.3 Å². The summed E-state index contributed by atoms with van der Waals surface area (Å²) in [4.78, 5) is 18.4. The Morgan fingerprint density at radius 2 is 2.12 bits per heavy atom. The minimum absolute atomic E-state index is 0.0507. The van der Waals surface area contributed by atoms with Crippen molar-refractivity contribution in [1.29, 1.82) is 0 Å². The first-order chi connectivity index (χ1) is 11.5. The van der Waals surface area contributed by atoms with E-state index in [0.29, 0.717) is 24.5 Å². The van der Waals surface area contributed by atoms with E-state index in [1.165, 1.54) is 19.5 Å². The number of anilines is 1. The van der Waals surface area contributed by atoms with Crippen molar-refractivity contribution in [3.8, 4) is 11.5 Å². The number of carboxylic acids is 1. The number of carboxylic acid groups (broad SMARTS) is 1. The van der Waals surface area contributed by atoms with Crippen molar-refractivity contribution in [1.82, 2.24) is 9.97 Å². The third kappa shape index (κ3) is 4.56. The SMILES string of the molecule is COc1ccc(CC(CO)CNc2cnc(C(=O)O)cn2)cc1O. The van der Waals surface area contributed by atoms with Gasteiger partial charge in [0.15, 0.2) is 17.2 Å². The Morgan fingerprint density at radius 1 is 1.33 bits per heavy atom. The standard InChI is InChI=1S/C16H19N3O5/c1-24-14-3-2-10(5-13(14)21)4-11(9-20)6-18-15-8-17-12(7-19-15)16(22)23/h2-3,5,7-8,11,20-21H,4,6,9H2,1H3,(H,18,19)(H,22,23). The lowest BCUT2D eigenvalue weighted by Gasteiger charge is -2.16. The number of aromatic hydroxyl groups is 1. The molecule has 4 N–H and O–H groups in total. The van der Waals surface area contributed by atoms with Gasteiger partial charge in [0, 0.05) is 19.1 Å². The number of carbonyl (C=O) groups is 1. The average Bonchev–Trinajstić information content (AvgIpc) is 2.59. The molecule has 128 valence electrons. The number of nitrogens with zero attached hydrogens (tertiary/aromatic N) is 2. The minimum Gasteiger partial charge on any atom is -0.504 e. The van der Waals surface area contributed by atoms with Crippen LogP contribution in [-0.4, -0.2) is 51.5 Å². The summed E-state index contributed by atoms with van der Waals surface area (Å²) < 4.78 is 4.99. The largest absolute Gasteiger partial charge is 0.504 e. The Hall–Kier alpha value is -2.87. The van der Waals surface area contributed by atoms with Crippen LogP contribution in [0.2, 0.25) is 0 Å². The highest BCUT2D eigenvalue weighted by molar-refractivity contribution is 5.84. The molecule has 0 radical (unpaired) electrons. The van der Waals surface area contributed by atoms with E-state index >= 15 is 0 Å². The molecule has 0 aliphatic heterocycles. The molecule has 1 atom stereocenters. The summed E-state index contributed by atoms with van der Waals surface area (Å²) in [5.74, 6) is -0.377. The molecule has 2 rings (SSSR count). The van der Waals surface area contributed by atoms with Gasteiger partial charge in [-0.25, -0.2) is 14.8 Å². The third-order valence-corrected chi connectivity index (χ3v) is 3.47. The smallest absolute Gasteiger partial charge is 0.356 e. The summed E-state index contributed by atoms with van der Waals surface area (Å²) >= 11 is 0. The number of hydrogen-bond acceptors (Lipinski definition) is 7. The molecule has 0 spiro atoms. The summed E-state index contributed by atoms with van der Waals surface area (Å²) in [6.07, 6.45) is 3.04. The van der Waals surface area contributed by atoms with E-state index < -0.39 is 5.97 Å². The van der Waals surface area contributed by atoms with Gasteiger partial charge in [0.25, 0.3) is 0 Å². The number of aromatic nitrogens is 2. The number of hydrogen-bond donors (Lipinski definition) is 4. The van der Waals surface area contributed by atoms with Crippen LogP contribution >= 0.6 is 0 Å². The van der Waals surface area contributed by atoms with Gasteiger partial charge >= 0.3 is 5.97 Å². The fourth-order valence-corrected chi connectivity index (χ4v) is 2.18. The van der Waals surface area contributed by atoms with Crippen molar-refractivity contribution in [3.63, 3.8) is 0 Å². The molecule has 0 bridgehead atoms. The van der Waals surface area contributed by atoms with Crippen molar-refractivity contribution in [2.24, 2.45) is 5.92 Å². The van der Waals surface area contributed by atoms with Gasteiger partial charge in [0.1, 0.15) is 5.82 Å². The number of nitrogens with one attached hydrogen (secondary N) is 1. The van der Waals surface area contributed by atoms with Gasteiger partial charge in [-0.2, -0.15) is 0 Å². The molecule has 1 aromatic carbocycles. The molecule has 0 aliphatic rings. The minimum atomic E-state index is -1.14. The van der Waals surface area contributed by atoms with Crippen LogP contribution < -0.4 is 10.1 Å². The van der Waals surface area contributed by atoms with Crippen LogP contribution in [0.15, 0.2) is 30.6 Å². The number of methoxy groups -OCH3 is 1. The first-order valence-electron chi connectivity index (χ1n) is 7.29. The van der Waals surface area contributed by atoms with Crippen LogP contribution in [0.25, 0.3) is 0 Å². The molecule has 8 nitrogen and oxygen atoms in total. The maximum atomic E-state index is 10.7. The number of benzene rings is 1. The Kier molecular flexibility index (Phi) is 5.91. The van der Waals surface area contributed by atoms with Crippen LogP contribution in [0.5, 0.6) is 11.5 Å². The number of rotatable bonds is 8. The quantitative estimate of drug-likeness (QED) is 0.567. The fourth-order valence-electron chi connectivity index (χ4n) is 2.18. The van der Waals surface area contributed by atoms with Gasteiger partial charge in [0.05, 0.1) is 19.5 Å². The molecule has 0 fully saturated rings. The summed E-state index contributed by atoms with van der Waals surface area (Å²) in [5, 5.41) is 31.1. The van der Waals surface area contributed by atoms with Crippen LogP contribution in [-0.2, 0) is 6.42 Å². The zero-order chi connectivity index (χ0) is 17.5. The lowest BCUT2D eigenvalue weighted by molar-refractivity contribution is 0.0690. The highest BCUT2D eigenvalue weighted by Gasteiger charge is 2.12. The lowest BCUT2D eigenvalue weighted by atomic mass is 9.99. The van der Waals surface area contributed by atoms with Gasteiger partial charge in [-0.1, -0.05) is 6.07 Å². The second-order valence-electron chi connectivity index (χ2n) is 5.23. The molecule has 1 aromatic heterocycles. The number of phenolic OH excluding ortho intramolecular Hbond substituents is 1. The summed E-state index contributed by atoms with van der Waals surface area (Å²) in [7, 11) is 1.48. The lowest BCUT2D eigenvalue weighted by Crippen LogP contribution is -2.21. The number of aliphatic hydroxyl groups is 1. The number of aliphatic hydroxyl groups excluding tert-OH is 1. The maximum absolute atomic E-state index is 10.7. The first-order valence-corrected chi connectivity index (χ1v) is 7.29. The Labute approximate surface area is 138 Å². The van der Waals surface area contributed by atoms with Gasteiger partial charge < -0.3 is 25.4 Å². The Morgan fingerprint density at radius 3 is 2.67 bits per heavy atom. The van der Waals surface area contributed by atoms with Crippen molar-refractivity contribution in [2.45, 2.75) is 6.42 Å². The molecule has 0 saturated carbocycles. The highest BCUT2D eigenvalue weighted by atomic mass is 16.5. The summed E-state index contributed by atoms with van der Waals surface area (Å²) in [5.41, 5.74) is 0.731. The predicted octanol–water partition coefficient (Wildman–Crippen LogP) is 1.15. The van der Waals surface area contributed by atoms with E-state index in [0.717, 1.165) is 5.56 Å². The monoisotopic (exact) mass is 333 g/mol. The van der Waals surface area contributed by atoms with E-state index in [4.69, 9.17) is 9.84 Å². The van der Waals surface area contributed by atoms with Crippen molar-refractivity contribution >= 4 is 11.8 Å². The molecule has 1 heterocycles. The van der Waals surface area contributed by atoms with E-state index in [1.807, 2.05) is 6.07 Å². The first kappa shape index (κ1) is 17.5. The van der Waals surface area contributed by atoms with Crippen LogP contribution in [0, 0.1) is 5.92 Å².